The van der Waals surface area contributed by atoms with Gasteiger partial charge in [-0.2, -0.15) is 0 Å². The van der Waals surface area contributed by atoms with E-state index < -0.39 is 0 Å². The SMILES string of the molecule is CCC(N)=O.O=C1C=CC(=O)N1c1ccccc1.[HH]. The van der Waals surface area contributed by atoms with Gasteiger partial charge in [0.1, 0.15) is 0 Å². The van der Waals surface area contributed by atoms with Gasteiger partial charge in [-0.05, 0) is 12.1 Å². The highest BCUT2D eigenvalue weighted by Crippen LogP contribution is 2.17. The number of para-hydroxylation sites is 1. The highest BCUT2D eigenvalue weighted by molar-refractivity contribution is 6.28. The second kappa shape index (κ2) is 6.34. The summed E-state index contributed by atoms with van der Waals surface area (Å²) in [6.45, 7) is 1.72. The van der Waals surface area contributed by atoms with Crippen molar-refractivity contribution in [2.24, 2.45) is 5.73 Å². The van der Waals surface area contributed by atoms with Crippen molar-refractivity contribution in [3.8, 4) is 0 Å². The molecule has 0 bridgehead atoms. The van der Waals surface area contributed by atoms with E-state index in [1.807, 2.05) is 6.07 Å². The first-order valence-corrected chi connectivity index (χ1v) is 5.45. The summed E-state index contributed by atoms with van der Waals surface area (Å²) in [5, 5.41) is 0. The lowest BCUT2D eigenvalue weighted by atomic mass is 10.3. The van der Waals surface area contributed by atoms with Crippen LogP contribution in [0.25, 0.3) is 0 Å². The molecule has 3 amide bonds. The van der Waals surface area contributed by atoms with Crippen LogP contribution in [0.15, 0.2) is 42.5 Å². The number of nitrogens with two attached hydrogens (primary N) is 1. The fraction of sp³-hybridized carbons (Fsp3) is 0.154. The second-order valence-corrected chi connectivity index (χ2v) is 3.50. The zero-order chi connectivity index (χ0) is 13.5. The molecule has 1 aliphatic heterocycles. The van der Waals surface area contributed by atoms with Crippen LogP contribution < -0.4 is 10.6 Å². The fourth-order valence-electron chi connectivity index (χ4n) is 1.23. The van der Waals surface area contributed by atoms with Crippen LogP contribution in [0.1, 0.15) is 14.8 Å². The zero-order valence-corrected chi connectivity index (χ0v) is 10.00. The van der Waals surface area contributed by atoms with Crippen molar-refractivity contribution in [3.63, 3.8) is 0 Å². The molecule has 0 aliphatic carbocycles. The molecule has 5 nitrogen and oxygen atoms in total. The number of hydrogen-bond donors (Lipinski definition) is 1. The predicted molar refractivity (Wildman–Crippen MR) is 69.7 cm³/mol. The number of rotatable bonds is 2. The Morgan fingerprint density at radius 1 is 1.17 bits per heavy atom. The van der Waals surface area contributed by atoms with Crippen molar-refractivity contribution in [1.82, 2.24) is 0 Å². The Morgan fingerprint density at radius 2 is 1.61 bits per heavy atom. The summed E-state index contributed by atoms with van der Waals surface area (Å²) in [5.74, 6) is -0.808. The number of carbonyl (C=O) groups is 3. The highest BCUT2D eigenvalue weighted by atomic mass is 16.2. The van der Waals surface area contributed by atoms with E-state index in [0.717, 1.165) is 4.90 Å². The molecule has 0 radical (unpaired) electrons. The maximum absolute atomic E-state index is 11.2. The van der Waals surface area contributed by atoms with Crippen LogP contribution in [-0.2, 0) is 14.4 Å². The van der Waals surface area contributed by atoms with Crippen molar-refractivity contribution < 1.29 is 15.8 Å². The Kier molecular flexibility index (Phi) is 4.80. The number of hydrogen-bond acceptors (Lipinski definition) is 3. The fourth-order valence-corrected chi connectivity index (χ4v) is 1.23. The summed E-state index contributed by atoms with van der Waals surface area (Å²) >= 11 is 0. The maximum Gasteiger partial charge on any atom is 0.258 e. The molecule has 0 saturated carbocycles. The largest absolute Gasteiger partial charge is 0.370 e. The Morgan fingerprint density at radius 3 is 2.00 bits per heavy atom. The molecule has 0 atom stereocenters. The van der Waals surface area contributed by atoms with E-state index >= 15 is 0 Å². The predicted octanol–water partition coefficient (Wildman–Crippen LogP) is 1.24. The van der Waals surface area contributed by atoms with Gasteiger partial charge in [-0.15, -0.1) is 0 Å². The van der Waals surface area contributed by atoms with E-state index in [1.165, 1.54) is 12.2 Å². The molecule has 0 aromatic heterocycles. The van der Waals surface area contributed by atoms with Crippen LogP contribution in [0.2, 0.25) is 0 Å². The normalized spacial score (nSPS) is 13.3. The van der Waals surface area contributed by atoms with Crippen LogP contribution in [0.4, 0.5) is 5.69 Å². The standard InChI is InChI=1S/C10H7NO2.C3H7NO.H2/c12-9-6-7-10(13)11(9)8-4-2-1-3-5-8;1-2-3(4)5;/h1-7H;2H2,1H3,(H2,4,5);1H. The van der Waals surface area contributed by atoms with Gasteiger partial charge in [0.15, 0.2) is 0 Å². The smallest absolute Gasteiger partial charge is 0.258 e. The van der Waals surface area contributed by atoms with E-state index in [0.29, 0.717) is 12.1 Å². The summed E-state index contributed by atoms with van der Waals surface area (Å²) < 4.78 is 0. The number of anilines is 1. The molecule has 1 heterocycles. The topological polar surface area (TPSA) is 80.5 Å². The minimum Gasteiger partial charge on any atom is -0.370 e. The monoisotopic (exact) mass is 248 g/mol. The molecular weight excluding hydrogens is 232 g/mol. The van der Waals surface area contributed by atoms with Crippen LogP contribution in [-0.4, -0.2) is 17.7 Å². The minimum absolute atomic E-state index is 0. The molecule has 5 heteroatoms. The Hall–Kier alpha value is -2.43. The third-order valence-corrected chi connectivity index (χ3v) is 2.17. The van der Waals surface area contributed by atoms with Crippen molar-refractivity contribution in [2.75, 3.05) is 4.90 Å². The molecular formula is C13H16N2O3. The van der Waals surface area contributed by atoms with Gasteiger partial charge in [0.25, 0.3) is 11.8 Å². The van der Waals surface area contributed by atoms with Gasteiger partial charge < -0.3 is 5.73 Å². The number of amides is 3. The van der Waals surface area contributed by atoms with Crippen molar-refractivity contribution in [1.29, 1.82) is 0 Å². The number of imide groups is 1. The van der Waals surface area contributed by atoms with Gasteiger partial charge in [0.2, 0.25) is 5.91 Å². The quantitative estimate of drug-likeness (QED) is 0.799. The number of primary amides is 1. The highest BCUT2D eigenvalue weighted by Gasteiger charge is 2.24. The van der Waals surface area contributed by atoms with Crippen LogP contribution >= 0.6 is 0 Å². The third kappa shape index (κ3) is 3.55. The second-order valence-electron chi connectivity index (χ2n) is 3.50. The van der Waals surface area contributed by atoms with Crippen molar-refractivity contribution in [3.05, 3.63) is 42.5 Å². The molecule has 0 fully saturated rings. The molecule has 2 N–H and O–H groups in total. The molecule has 0 unspecified atom stereocenters. The molecule has 1 aromatic rings. The van der Waals surface area contributed by atoms with Crippen molar-refractivity contribution in [2.45, 2.75) is 13.3 Å². The van der Waals surface area contributed by atoms with Gasteiger partial charge >= 0.3 is 0 Å². The van der Waals surface area contributed by atoms with Crippen LogP contribution in [0, 0.1) is 0 Å². The van der Waals surface area contributed by atoms with Gasteiger partial charge in [-0.1, -0.05) is 25.1 Å². The molecule has 18 heavy (non-hydrogen) atoms. The lowest BCUT2D eigenvalue weighted by molar-refractivity contribution is -0.120. The summed E-state index contributed by atoms with van der Waals surface area (Å²) in [6.07, 6.45) is 2.99. The van der Waals surface area contributed by atoms with E-state index in [9.17, 15) is 14.4 Å². The average molecular weight is 248 g/mol. The van der Waals surface area contributed by atoms with Gasteiger partial charge in [0, 0.05) is 20.0 Å². The number of benzene rings is 1. The first kappa shape index (κ1) is 13.6. The van der Waals surface area contributed by atoms with E-state index in [4.69, 9.17) is 0 Å². The first-order chi connectivity index (χ1) is 8.56. The molecule has 0 spiro atoms. The third-order valence-electron chi connectivity index (χ3n) is 2.17. The summed E-state index contributed by atoms with van der Waals surface area (Å²) in [6, 6.07) is 8.86. The van der Waals surface area contributed by atoms with E-state index in [1.54, 1.807) is 31.2 Å². The Bertz CT molecular complexity index is 468. The average Bonchev–Trinajstić information content (AvgIpc) is 2.71. The summed E-state index contributed by atoms with van der Waals surface area (Å²) in [5.41, 5.74) is 5.27. The Labute approximate surface area is 106 Å². The summed E-state index contributed by atoms with van der Waals surface area (Å²) in [4.78, 5) is 33.1. The maximum atomic E-state index is 11.2. The minimum atomic E-state index is -0.281. The van der Waals surface area contributed by atoms with Crippen molar-refractivity contribution >= 4 is 23.4 Å². The zero-order valence-electron chi connectivity index (χ0n) is 10.00. The van der Waals surface area contributed by atoms with E-state index in [2.05, 4.69) is 5.73 Å². The van der Waals surface area contributed by atoms with Gasteiger partial charge in [-0.25, -0.2) is 4.90 Å². The van der Waals surface area contributed by atoms with E-state index in [-0.39, 0.29) is 19.1 Å². The van der Waals surface area contributed by atoms with Crippen LogP contribution in [0.5, 0.6) is 0 Å². The first-order valence-electron chi connectivity index (χ1n) is 5.45. The Balaban J connectivity index is 0.000000471. The molecule has 96 valence electrons. The van der Waals surface area contributed by atoms with Gasteiger partial charge in [-0.3, -0.25) is 14.4 Å². The number of nitrogens with zero attached hydrogens (tertiary/aromatic N) is 1. The van der Waals surface area contributed by atoms with Gasteiger partial charge in [0.05, 0.1) is 5.69 Å². The molecule has 1 aromatic carbocycles. The molecule has 1 aliphatic rings. The van der Waals surface area contributed by atoms with Crippen LogP contribution in [0.3, 0.4) is 0 Å². The number of carbonyl (C=O) groups excluding carboxylic acids is 3. The summed E-state index contributed by atoms with van der Waals surface area (Å²) in [7, 11) is 0. The lowest BCUT2D eigenvalue weighted by Gasteiger charge is -2.12. The molecule has 0 saturated heterocycles. The lowest BCUT2D eigenvalue weighted by Crippen LogP contribution is -2.29. The molecule has 2 rings (SSSR count).